The molecule has 100 valence electrons. The van der Waals surface area contributed by atoms with Gasteiger partial charge in [-0.3, -0.25) is 0 Å². The summed E-state index contributed by atoms with van der Waals surface area (Å²) >= 11 is 5.97. The van der Waals surface area contributed by atoms with Crippen molar-refractivity contribution in [2.75, 3.05) is 13.2 Å². The maximum atomic E-state index is 13.6. The van der Waals surface area contributed by atoms with E-state index in [0.717, 1.165) is 0 Å². The quantitative estimate of drug-likeness (QED) is 0.906. The van der Waals surface area contributed by atoms with E-state index in [0.29, 0.717) is 16.3 Å². The first kappa shape index (κ1) is 13.8. The van der Waals surface area contributed by atoms with Crippen molar-refractivity contribution < 1.29 is 14.2 Å². The van der Waals surface area contributed by atoms with E-state index in [1.807, 2.05) is 0 Å². The van der Waals surface area contributed by atoms with Crippen molar-refractivity contribution in [3.05, 3.63) is 64.9 Å². The van der Waals surface area contributed by atoms with Gasteiger partial charge >= 0.3 is 0 Å². The zero-order valence-electron chi connectivity index (χ0n) is 10.2. The highest BCUT2D eigenvalue weighted by molar-refractivity contribution is 6.32. The number of hydrogen-bond donors (Lipinski definition) is 1. The molecule has 0 aliphatic heterocycles. The summed E-state index contributed by atoms with van der Waals surface area (Å²) in [6.07, 6.45) is 0. The minimum Gasteiger partial charge on any atom is -0.491 e. The minimum absolute atomic E-state index is 0.168. The van der Waals surface area contributed by atoms with Crippen LogP contribution in [0.5, 0.6) is 5.75 Å². The van der Waals surface area contributed by atoms with Crippen LogP contribution in [0.1, 0.15) is 11.5 Å². The molecule has 0 heterocycles. The normalized spacial score (nSPS) is 12.2. The Morgan fingerprint density at radius 1 is 1.11 bits per heavy atom. The molecule has 1 atom stereocenters. The van der Waals surface area contributed by atoms with Crippen LogP contribution in [-0.2, 0) is 0 Å². The number of para-hydroxylation sites is 1. The maximum Gasteiger partial charge on any atom is 0.137 e. The standard InChI is InChI=1S/C15H14ClFO2/c16-13-6-2-4-8-15(13)19-10-11(9-18)12-5-1-3-7-14(12)17/h1-8,11,18H,9-10H2. The number of aliphatic hydroxyl groups excluding tert-OH is 1. The highest BCUT2D eigenvalue weighted by atomic mass is 35.5. The lowest BCUT2D eigenvalue weighted by molar-refractivity contribution is 0.202. The highest BCUT2D eigenvalue weighted by Gasteiger charge is 2.15. The van der Waals surface area contributed by atoms with Crippen molar-refractivity contribution in [2.45, 2.75) is 5.92 Å². The molecule has 0 fully saturated rings. The number of aliphatic hydroxyl groups is 1. The Bertz CT molecular complexity index is 545. The van der Waals surface area contributed by atoms with Gasteiger partial charge in [-0.1, -0.05) is 41.9 Å². The van der Waals surface area contributed by atoms with Gasteiger partial charge in [-0.15, -0.1) is 0 Å². The average Bonchev–Trinajstić information content (AvgIpc) is 2.43. The molecule has 0 aliphatic carbocycles. The summed E-state index contributed by atoms with van der Waals surface area (Å²) < 4.78 is 19.2. The molecule has 0 saturated heterocycles. The molecule has 0 aromatic heterocycles. The van der Waals surface area contributed by atoms with Gasteiger partial charge in [0.2, 0.25) is 0 Å². The molecule has 2 rings (SSSR count). The van der Waals surface area contributed by atoms with Gasteiger partial charge in [0.25, 0.3) is 0 Å². The first-order chi connectivity index (χ1) is 9.22. The molecule has 0 saturated carbocycles. The van der Waals surface area contributed by atoms with Crippen molar-refractivity contribution in [1.82, 2.24) is 0 Å². The van der Waals surface area contributed by atoms with Crippen LogP contribution < -0.4 is 4.74 Å². The topological polar surface area (TPSA) is 29.5 Å². The summed E-state index contributed by atoms with van der Waals surface area (Å²) in [6.45, 7) is -0.0213. The lowest BCUT2D eigenvalue weighted by Crippen LogP contribution is -2.15. The fourth-order valence-electron chi connectivity index (χ4n) is 1.80. The molecule has 2 aromatic rings. The van der Waals surface area contributed by atoms with Crippen LogP contribution in [0.2, 0.25) is 5.02 Å². The predicted molar refractivity (Wildman–Crippen MR) is 73.2 cm³/mol. The van der Waals surface area contributed by atoms with Crippen molar-refractivity contribution in [3.8, 4) is 5.75 Å². The first-order valence-corrected chi connectivity index (χ1v) is 6.32. The minimum atomic E-state index is -0.419. The zero-order chi connectivity index (χ0) is 13.7. The second-order valence-corrected chi connectivity index (χ2v) is 4.55. The third kappa shape index (κ3) is 3.46. The summed E-state index contributed by atoms with van der Waals surface area (Å²) in [7, 11) is 0. The van der Waals surface area contributed by atoms with Crippen LogP contribution in [0.3, 0.4) is 0 Å². The van der Waals surface area contributed by atoms with Crippen LogP contribution in [0.4, 0.5) is 4.39 Å². The van der Waals surface area contributed by atoms with Gasteiger partial charge in [0, 0.05) is 5.92 Å². The Balaban J connectivity index is 2.09. The molecule has 2 aromatic carbocycles. The zero-order valence-corrected chi connectivity index (χ0v) is 11.0. The molecule has 19 heavy (non-hydrogen) atoms. The summed E-state index contributed by atoms with van der Waals surface area (Å²) in [5.74, 6) is -0.235. The molecule has 1 N–H and O–H groups in total. The second-order valence-electron chi connectivity index (χ2n) is 4.14. The molecular weight excluding hydrogens is 267 g/mol. The van der Waals surface area contributed by atoms with Crippen LogP contribution in [0, 0.1) is 5.82 Å². The van der Waals surface area contributed by atoms with Gasteiger partial charge in [0.05, 0.1) is 18.2 Å². The van der Waals surface area contributed by atoms with Crippen LogP contribution in [0.25, 0.3) is 0 Å². The van der Waals surface area contributed by atoms with Crippen LogP contribution >= 0.6 is 11.6 Å². The lowest BCUT2D eigenvalue weighted by Gasteiger charge is -2.17. The monoisotopic (exact) mass is 280 g/mol. The number of hydrogen-bond acceptors (Lipinski definition) is 2. The van der Waals surface area contributed by atoms with Crippen molar-refractivity contribution in [3.63, 3.8) is 0 Å². The Morgan fingerprint density at radius 2 is 1.79 bits per heavy atom. The van der Waals surface area contributed by atoms with Gasteiger partial charge in [-0.2, -0.15) is 0 Å². The highest BCUT2D eigenvalue weighted by Crippen LogP contribution is 2.26. The van der Waals surface area contributed by atoms with E-state index in [-0.39, 0.29) is 19.0 Å². The van der Waals surface area contributed by atoms with Crippen molar-refractivity contribution in [1.29, 1.82) is 0 Å². The summed E-state index contributed by atoms with van der Waals surface area (Å²) in [5, 5.41) is 9.86. The van der Waals surface area contributed by atoms with Gasteiger partial charge in [-0.25, -0.2) is 4.39 Å². The number of ether oxygens (including phenoxy) is 1. The Kier molecular flexibility index (Phi) is 4.77. The van der Waals surface area contributed by atoms with E-state index < -0.39 is 5.92 Å². The van der Waals surface area contributed by atoms with Crippen molar-refractivity contribution in [2.24, 2.45) is 0 Å². The van der Waals surface area contributed by atoms with Gasteiger partial charge in [-0.05, 0) is 23.8 Å². The third-order valence-electron chi connectivity index (χ3n) is 2.84. The van der Waals surface area contributed by atoms with E-state index in [2.05, 4.69) is 0 Å². The predicted octanol–water partition coefficient (Wildman–Crippen LogP) is 3.63. The molecule has 2 nitrogen and oxygen atoms in total. The fourth-order valence-corrected chi connectivity index (χ4v) is 1.99. The van der Waals surface area contributed by atoms with E-state index in [4.69, 9.17) is 16.3 Å². The SMILES string of the molecule is OCC(COc1ccccc1Cl)c1ccccc1F. The third-order valence-corrected chi connectivity index (χ3v) is 3.15. The molecule has 0 spiro atoms. The summed E-state index contributed by atoms with van der Waals surface area (Å²) in [5.41, 5.74) is 0.442. The molecule has 0 aliphatic rings. The second kappa shape index (κ2) is 6.55. The van der Waals surface area contributed by atoms with Gasteiger partial charge < -0.3 is 9.84 Å². The Labute approximate surface area is 116 Å². The van der Waals surface area contributed by atoms with E-state index in [1.165, 1.54) is 6.07 Å². The number of halogens is 2. The fraction of sp³-hybridized carbons (Fsp3) is 0.200. The summed E-state index contributed by atoms with van der Waals surface area (Å²) in [6, 6.07) is 13.4. The van der Waals surface area contributed by atoms with E-state index in [9.17, 15) is 9.50 Å². The molecular formula is C15H14ClFO2. The molecule has 0 bridgehead atoms. The van der Waals surface area contributed by atoms with Gasteiger partial charge in [0.15, 0.2) is 0 Å². The largest absolute Gasteiger partial charge is 0.491 e. The smallest absolute Gasteiger partial charge is 0.137 e. The summed E-state index contributed by atoms with van der Waals surface area (Å²) in [4.78, 5) is 0. The van der Waals surface area contributed by atoms with Crippen LogP contribution in [0.15, 0.2) is 48.5 Å². The average molecular weight is 281 g/mol. The lowest BCUT2D eigenvalue weighted by atomic mass is 10.0. The number of benzene rings is 2. The first-order valence-electron chi connectivity index (χ1n) is 5.95. The molecule has 0 amide bonds. The molecule has 0 radical (unpaired) electrons. The maximum absolute atomic E-state index is 13.6. The van der Waals surface area contributed by atoms with Crippen molar-refractivity contribution >= 4 is 11.6 Å². The van der Waals surface area contributed by atoms with Crippen LogP contribution in [-0.4, -0.2) is 18.3 Å². The Morgan fingerprint density at radius 3 is 2.47 bits per heavy atom. The Hall–Kier alpha value is -1.58. The van der Waals surface area contributed by atoms with E-state index >= 15 is 0 Å². The molecule has 1 unspecified atom stereocenters. The number of rotatable bonds is 5. The van der Waals surface area contributed by atoms with E-state index in [1.54, 1.807) is 42.5 Å². The van der Waals surface area contributed by atoms with Gasteiger partial charge in [0.1, 0.15) is 11.6 Å². The molecule has 4 heteroatoms.